The van der Waals surface area contributed by atoms with Crippen molar-refractivity contribution in [3.63, 3.8) is 0 Å². The minimum absolute atomic E-state index is 0.0419. The Labute approximate surface area is 146 Å². The highest BCUT2D eigenvalue weighted by Gasteiger charge is 2.29. The molecule has 0 saturated carbocycles. The summed E-state index contributed by atoms with van der Waals surface area (Å²) in [6.07, 6.45) is 0. The second-order valence-electron chi connectivity index (χ2n) is 5.32. The van der Waals surface area contributed by atoms with Crippen molar-refractivity contribution in [1.82, 2.24) is 10.2 Å². The number of nitrogens with one attached hydrogen (secondary N) is 1. The molecule has 130 valence electrons. The molecule has 1 amide bonds. The first-order valence-electron chi connectivity index (χ1n) is 7.09. The number of hydrogen-bond donors (Lipinski definition) is 1. The molecule has 0 bridgehead atoms. The van der Waals surface area contributed by atoms with E-state index in [0.717, 1.165) is 5.56 Å². The van der Waals surface area contributed by atoms with E-state index in [4.69, 9.17) is 0 Å². The van der Waals surface area contributed by atoms with Gasteiger partial charge in [0.05, 0.1) is 6.04 Å². The lowest BCUT2D eigenvalue weighted by atomic mass is 10.1. The van der Waals surface area contributed by atoms with E-state index in [9.17, 15) is 18.0 Å². The Kier molecular flexibility index (Phi) is 6.31. The maximum Gasteiger partial charge on any atom is 0.446 e. The number of alkyl halides is 3. The van der Waals surface area contributed by atoms with Crippen LogP contribution in [-0.2, 0) is 0 Å². The highest BCUT2D eigenvalue weighted by Crippen LogP contribution is 2.36. The van der Waals surface area contributed by atoms with E-state index in [0.29, 0.717) is 12.1 Å². The van der Waals surface area contributed by atoms with E-state index in [1.54, 1.807) is 11.3 Å². The SMILES string of the molecule is CN(C)C(CNC(=O)c1ccc(SC(F)(F)F)cc1)c1ccsc1. The second-order valence-corrected chi connectivity index (χ2v) is 7.24. The van der Waals surface area contributed by atoms with Gasteiger partial charge in [-0.1, -0.05) is 0 Å². The molecule has 0 aliphatic carbocycles. The smallest absolute Gasteiger partial charge is 0.350 e. The largest absolute Gasteiger partial charge is 0.446 e. The lowest BCUT2D eigenvalue weighted by molar-refractivity contribution is -0.0328. The molecule has 1 unspecified atom stereocenters. The molecule has 8 heteroatoms. The van der Waals surface area contributed by atoms with Crippen molar-refractivity contribution in [3.05, 3.63) is 52.2 Å². The molecule has 0 saturated heterocycles. The van der Waals surface area contributed by atoms with Crippen LogP contribution in [0.1, 0.15) is 22.0 Å². The molecule has 1 aromatic heterocycles. The minimum atomic E-state index is -4.33. The Morgan fingerprint density at radius 1 is 1.25 bits per heavy atom. The molecule has 1 aromatic carbocycles. The van der Waals surface area contributed by atoms with Crippen molar-refractivity contribution < 1.29 is 18.0 Å². The Hall–Kier alpha value is -1.51. The van der Waals surface area contributed by atoms with Crippen molar-refractivity contribution in [3.8, 4) is 0 Å². The van der Waals surface area contributed by atoms with Gasteiger partial charge in [0, 0.05) is 17.0 Å². The quantitative estimate of drug-likeness (QED) is 0.761. The number of amides is 1. The summed E-state index contributed by atoms with van der Waals surface area (Å²) in [5.74, 6) is -0.305. The predicted octanol–water partition coefficient (Wildman–Crippen LogP) is 4.39. The van der Waals surface area contributed by atoms with Gasteiger partial charge < -0.3 is 10.2 Å². The van der Waals surface area contributed by atoms with Gasteiger partial charge in [0.1, 0.15) is 0 Å². The molecule has 1 heterocycles. The van der Waals surface area contributed by atoms with Gasteiger partial charge in [0.2, 0.25) is 0 Å². The maximum absolute atomic E-state index is 12.3. The van der Waals surface area contributed by atoms with Crippen LogP contribution in [0.4, 0.5) is 13.2 Å². The van der Waals surface area contributed by atoms with Crippen LogP contribution in [0.2, 0.25) is 0 Å². The van der Waals surface area contributed by atoms with Gasteiger partial charge in [-0.3, -0.25) is 4.79 Å². The van der Waals surface area contributed by atoms with Crippen LogP contribution in [0, 0.1) is 0 Å². The summed E-state index contributed by atoms with van der Waals surface area (Å²) in [5, 5.41) is 6.84. The normalized spacial score (nSPS) is 13.1. The number of halogens is 3. The zero-order chi connectivity index (χ0) is 17.7. The molecule has 0 fully saturated rings. The van der Waals surface area contributed by atoms with Gasteiger partial charge in [-0.2, -0.15) is 24.5 Å². The van der Waals surface area contributed by atoms with E-state index in [2.05, 4.69) is 5.32 Å². The van der Waals surface area contributed by atoms with Crippen LogP contribution in [0.3, 0.4) is 0 Å². The second kappa shape index (κ2) is 8.04. The van der Waals surface area contributed by atoms with E-state index in [1.165, 1.54) is 24.3 Å². The molecule has 0 radical (unpaired) electrons. The number of benzene rings is 1. The lowest BCUT2D eigenvalue weighted by Gasteiger charge is -2.24. The zero-order valence-corrected chi connectivity index (χ0v) is 14.8. The van der Waals surface area contributed by atoms with E-state index < -0.39 is 5.51 Å². The molecular formula is C16H17F3N2OS2. The Morgan fingerprint density at radius 2 is 1.92 bits per heavy atom. The number of nitrogens with zero attached hydrogens (tertiary/aromatic N) is 1. The maximum atomic E-state index is 12.3. The fourth-order valence-electron chi connectivity index (χ4n) is 2.16. The third kappa shape index (κ3) is 5.54. The van der Waals surface area contributed by atoms with E-state index in [-0.39, 0.29) is 28.6 Å². The Bertz CT molecular complexity index is 655. The van der Waals surface area contributed by atoms with Crippen LogP contribution in [0.25, 0.3) is 0 Å². The van der Waals surface area contributed by atoms with Crippen LogP contribution in [0.5, 0.6) is 0 Å². The van der Waals surface area contributed by atoms with Crippen molar-refractivity contribution in [1.29, 1.82) is 0 Å². The molecule has 1 N–H and O–H groups in total. The number of hydrogen-bond acceptors (Lipinski definition) is 4. The Morgan fingerprint density at radius 3 is 2.42 bits per heavy atom. The third-order valence-corrected chi connectivity index (χ3v) is 4.80. The number of carbonyl (C=O) groups excluding carboxylic acids is 1. The van der Waals surface area contributed by atoms with Crippen molar-refractivity contribution in [2.45, 2.75) is 16.4 Å². The summed E-state index contributed by atoms with van der Waals surface area (Å²) < 4.78 is 36.9. The fraction of sp³-hybridized carbons (Fsp3) is 0.312. The van der Waals surface area contributed by atoms with Crippen molar-refractivity contribution in [2.24, 2.45) is 0 Å². The van der Waals surface area contributed by atoms with E-state index >= 15 is 0 Å². The zero-order valence-electron chi connectivity index (χ0n) is 13.1. The van der Waals surface area contributed by atoms with Gasteiger partial charge >= 0.3 is 5.51 Å². The minimum Gasteiger partial charge on any atom is -0.350 e. The first-order valence-corrected chi connectivity index (χ1v) is 8.85. The topological polar surface area (TPSA) is 32.3 Å². The molecule has 3 nitrogen and oxygen atoms in total. The molecule has 1 atom stereocenters. The van der Waals surface area contributed by atoms with Gasteiger partial charge in [0.25, 0.3) is 5.91 Å². The Balaban J connectivity index is 1.96. The first-order chi connectivity index (χ1) is 11.3. The number of rotatable bonds is 6. The molecular weight excluding hydrogens is 357 g/mol. The number of carbonyl (C=O) groups is 1. The molecule has 0 spiro atoms. The number of likely N-dealkylation sites (N-methyl/N-ethyl adjacent to an activating group) is 1. The standard InChI is InChI=1S/C16H17F3N2OS2/c1-21(2)14(12-7-8-23-10-12)9-20-15(22)11-3-5-13(6-4-11)24-16(17,18)19/h3-8,10,14H,9H2,1-2H3,(H,20,22). The first kappa shape index (κ1) is 18.8. The summed E-state index contributed by atoms with van der Waals surface area (Å²) in [5.41, 5.74) is -2.88. The molecule has 2 aromatic rings. The average Bonchev–Trinajstić information content (AvgIpc) is 3.00. The van der Waals surface area contributed by atoms with Crippen LogP contribution >= 0.6 is 23.1 Å². The molecule has 24 heavy (non-hydrogen) atoms. The highest BCUT2D eigenvalue weighted by atomic mass is 32.2. The van der Waals surface area contributed by atoms with Gasteiger partial charge in [-0.05, 0) is 72.5 Å². The summed E-state index contributed by atoms with van der Waals surface area (Å²) >= 11 is 1.39. The lowest BCUT2D eigenvalue weighted by Crippen LogP contribution is -2.34. The van der Waals surface area contributed by atoms with Crippen molar-refractivity contribution >= 4 is 29.0 Å². The monoisotopic (exact) mass is 374 g/mol. The summed E-state index contributed by atoms with van der Waals surface area (Å²) in [4.78, 5) is 14.2. The van der Waals surface area contributed by atoms with Gasteiger partial charge in [-0.25, -0.2) is 0 Å². The number of thioether (sulfide) groups is 1. The van der Waals surface area contributed by atoms with Gasteiger partial charge in [0.15, 0.2) is 0 Å². The van der Waals surface area contributed by atoms with Crippen LogP contribution in [-0.4, -0.2) is 37.0 Å². The molecule has 2 rings (SSSR count). The van der Waals surface area contributed by atoms with Gasteiger partial charge in [-0.15, -0.1) is 0 Å². The van der Waals surface area contributed by atoms with Crippen LogP contribution < -0.4 is 5.32 Å². The predicted molar refractivity (Wildman–Crippen MR) is 91.4 cm³/mol. The molecule has 0 aliphatic rings. The van der Waals surface area contributed by atoms with E-state index in [1.807, 2.05) is 35.8 Å². The summed E-state index contributed by atoms with van der Waals surface area (Å²) in [6.45, 7) is 0.418. The molecule has 0 aliphatic heterocycles. The third-order valence-electron chi connectivity index (χ3n) is 3.36. The van der Waals surface area contributed by atoms with Crippen molar-refractivity contribution in [2.75, 3.05) is 20.6 Å². The highest BCUT2D eigenvalue weighted by molar-refractivity contribution is 8.00. The summed E-state index contributed by atoms with van der Waals surface area (Å²) in [6, 6.07) is 7.45. The fourth-order valence-corrected chi connectivity index (χ4v) is 3.41. The average molecular weight is 374 g/mol. The van der Waals surface area contributed by atoms with Crippen LogP contribution in [0.15, 0.2) is 46.0 Å². The number of thiophene rings is 1. The summed E-state index contributed by atoms with van der Waals surface area (Å²) in [7, 11) is 3.86.